The Hall–Kier alpha value is -2.31. The Kier molecular flexibility index (Phi) is 4.87. The number of fused-ring (bicyclic) bond motifs is 1. The van der Waals surface area contributed by atoms with Crippen molar-refractivity contribution < 1.29 is 4.39 Å². The lowest BCUT2D eigenvalue weighted by atomic mass is 10.1. The molecule has 0 aliphatic carbocycles. The van der Waals surface area contributed by atoms with Crippen molar-refractivity contribution in [3.63, 3.8) is 0 Å². The smallest absolute Gasteiger partial charge is 0.156 e. The van der Waals surface area contributed by atoms with Crippen LogP contribution in [0.5, 0.6) is 0 Å². The highest BCUT2D eigenvalue weighted by Gasteiger charge is 2.17. The molecule has 1 aromatic carbocycles. The van der Waals surface area contributed by atoms with Crippen LogP contribution in [0, 0.1) is 5.82 Å². The van der Waals surface area contributed by atoms with Gasteiger partial charge in [-0.25, -0.2) is 14.4 Å². The second-order valence-corrected chi connectivity index (χ2v) is 6.13. The van der Waals surface area contributed by atoms with Gasteiger partial charge in [-0.1, -0.05) is 17.7 Å². The van der Waals surface area contributed by atoms with Crippen LogP contribution in [0.1, 0.15) is 11.6 Å². The predicted molar refractivity (Wildman–Crippen MR) is 93.7 cm³/mol. The van der Waals surface area contributed by atoms with Gasteiger partial charge in [0, 0.05) is 12.7 Å². The SMILES string of the molecule is CN(C)C[C@@H](Nc1ncnc2cccnc12)c1ccc(Cl)c(F)c1. The Balaban J connectivity index is 1.98. The fourth-order valence-electron chi connectivity index (χ4n) is 2.49. The third-order valence-corrected chi connectivity index (χ3v) is 3.91. The van der Waals surface area contributed by atoms with Crippen LogP contribution in [-0.4, -0.2) is 40.5 Å². The van der Waals surface area contributed by atoms with E-state index in [0.29, 0.717) is 17.9 Å². The number of nitrogens with zero attached hydrogens (tertiary/aromatic N) is 4. The second-order valence-electron chi connectivity index (χ2n) is 5.73. The van der Waals surface area contributed by atoms with Crippen molar-refractivity contribution in [2.75, 3.05) is 26.0 Å². The molecule has 0 saturated carbocycles. The lowest BCUT2D eigenvalue weighted by Gasteiger charge is -2.23. The van der Waals surface area contributed by atoms with Crippen LogP contribution in [0.2, 0.25) is 5.02 Å². The van der Waals surface area contributed by atoms with Gasteiger partial charge in [-0.05, 0) is 43.9 Å². The van der Waals surface area contributed by atoms with Gasteiger partial charge < -0.3 is 10.2 Å². The van der Waals surface area contributed by atoms with E-state index in [9.17, 15) is 4.39 Å². The highest BCUT2D eigenvalue weighted by Crippen LogP contribution is 2.25. The number of halogens is 2. The van der Waals surface area contributed by atoms with Crippen molar-refractivity contribution >= 4 is 28.5 Å². The van der Waals surface area contributed by atoms with E-state index >= 15 is 0 Å². The fraction of sp³-hybridized carbons (Fsp3) is 0.235. The summed E-state index contributed by atoms with van der Waals surface area (Å²) in [6, 6.07) is 8.34. The minimum absolute atomic E-state index is 0.108. The molecule has 7 heteroatoms. The van der Waals surface area contributed by atoms with Gasteiger partial charge in [0.2, 0.25) is 0 Å². The van der Waals surface area contributed by atoms with Crippen LogP contribution in [0.4, 0.5) is 10.2 Å². The van der Waals surface area contributed by atoms with E-state index in [0.717, 1.165) is 11.1 Å². The molecular weight excluding hydrogens is 329 g/mol. The largest absolute Gasteiger partial charge is 0.360 e. The Morgan fingerprint density at radius 1 is 1.21 bits per heavy atom. The van der Waals surface area contributed by atoms with Gasteiger partial charge in [0.1, 0.15) is 17.7 Å². The number of aromatic nitrogens is 3. The van der Waals surface area contributed by atoms with Gasteiger partial charge in [0.25, 0.3) is 0 Å². The van der Waals surface area contributed by atoms with Crippen molar-refractivity contribution in [3.8, 4) is 0 Å². The molecule has 2 heterocycles. The monoisotopic (exact) mass is 345 g/mol. The maximum Gasteiger partial charge on any atom is 0.156 e. The fourth-order valence-corrected chi connectivity index (χ4v) is 2.61. The van der Waals surface area contributed by atoms with Gasteiger partial charge >= 0.3 is 0 Å². The molecule has 0 fully saturated rings. The highest BCUT2D eigenvalue weighted by molar-refractivity contribution is 6.30. The second kappa shape index (κ2) is 7.07. The summed E-state index contributed by atoms with van der Waals surface area (Å²) in [6.07, 6.45) is 3.18. The molecular formula is C17H17ClFN5. The van der Waals surface area contributed by atoms with Crippen LogP contribution >= 0.6 is 11.6 Å². The molecule has 3 aromatic rings. The van der Waals surface area contributed by atoms with Crippen LogP contribution in [0.25, 0.3) is 11.0 Å². The number of rotatable bonds is 5. The van der Waals surface area contributed by atoms with E-state index in [-0.39, 0.29) is 11.1 Å². The molecule has 5 nitrogen and oxygen atoms in total. The zero-order valence-electron chi connectivity index (χ0n) is 13.4. The summed E-state index contributed by atoms with van der Waals surface area (Å²) < 4.78 is 13.9. The van der Waals surface area contributed by atoms with Crippen molar-refractivity contribution in [2.24, 2.45) is 0 Å². The van der Waals surface area contributed by atoms with Gasteiger partial charge in [-0.2, -0.15) is 0 Å². The number of anilines is 1. The number of likely N-dealkylation sites (N-methyl/N-ethyl adjacent to an activating group) is 1. The molecule has 0 spiro atoms. The maximum absolute atomic E-state index is 13.9. The molecule has 0 amide bonds. The first-order chi connectivity index (χ1) is 11.5. The Labute approximate surface area is 144 Å². The molecule has 1 atom stereocenters. The average Bonchev–Trinajstić information content (AvgIpc) is 2.57. The number of nitrogens with one attached hydrogen (secondary N) is 1. The molecule has 124 valence electrons. The van der Waals surface area contributed by atoms with E-state index in [2.05, 4.69) is 20.3 Å². The first-order valence-electron chi connectivity index (χ1n) is 7.46. The van der Waals surface area contributed by atoms with Gasteiger partial charge in [-0.3, -0.25) is 4.98 Å². The van der Waals surface area contributed by atoms with E-state index in [4.69, 9.17) is 11.6 Å². The minimum Gasteiger partial charge on any atom is -0.360 e. The minimum atomic E-state index is -0.439. The van der Waals surface area contributed by atoms with Gasteiger partial charge in [-0.15, -0.1) is 0 Å². The Morgan fingerprint density at radius 2 is 2.04 bits per heavy atom. The molecule has 0 aliphatic rings. The molecule has 0 aliphatic heterocycles. The standard InChI is InChI=1S/C17H17ClFN5/c1-24(2)9-15(11-5-6-12(18)13(19)8-11)23-17-16-14(21-10-22-17)4-3-7-20-16/h3-8,10,15H,9H2,1-2H3,(H,21,22,23)/t15-/m1/s1. The van der Waals surface area contributed by atoms with Crippen molar-refractivity contribution in [1.29, 1.82) is 0 Å². The zero-order chi connectivity index (χ0) is 17.1. The summed E-state index contributed by atoms with van der Waals surface area (Å²) in [6.45, 7) is 0.652. The van der Waals surface area contributed by atoms with E-state index < -0.39 is 5.82 Å². The van der Waals surface area contributed by atoms with E-state index in [1.807, 2.05) is 37.2 Å². The summed E-state index contributed by atoms with van der Waals surface area (Å²) in [5, 5.41) is 3.46. The summed E-state index contributed by atoms with van der Waals surface area (Å²) in [5.74, 6) is 0.174. The Morgan fingerprint density at radius 3 is 2.79 bits per heavy atom. The summed E-state index contributed by atoms with van der Waals surface area (Å²) >= 11 is 5.79. The molecule has 0 radical (unpaired) electrons. The van der Waals surface area contributed by atoms with E-state index in [1.165, 1.54) is 12.4 Å². The molecule has 0 saturated heterocycles. The quantitative estimate of drug-likeness (QED) is 0.766. The first-order valence-corrected chi connectivity index (χ1v) is 7.84. The third-order valence-electron chi connectivity index (χ3n) is 3.60. The molecule has 0 bridgehead atoms. The topological polar surface area (TPSA) is 53.9 Å². The molecule has 3 rings (SSSR count). The number of benzene rings is 1. The average molecular weight is 346 g/mol. The van der Waals surface area contributed by atoms with Crippen molar-refractivity contribution in [3.05, 3.63) is 59.3 Å². The third kappa shape index (κ3) is 3.60. The number of hydrogen-bond acceptors (Lipinski definition) is 5. The number of hydrogen-bond donors (Lipinski definition) is 1. The Bertz CT molecular complexity index is 850. The van der Waals surface area contributed by atoms with E-state index in [1.54, 1.807) is 12.3 Å². The molecule has 24 heavy (non-hydrogen) atoms. The lowest BCUT2D eigenvalue weighted by molar-refractivity contribution is 0.386. The first kappa shape index (κ1) is 16.5. The normalized spacial score (nSPS) is 12.5. The molecule has 2 aromatic heterocycles. The zero-order valence-corrected chi connectivity index (χ0v) is 14.1. The van der Waals surface area contributed by atoms with Crippen LogP contribution < -0.4 is 5.32 Å². The lowest BCUT2D eigenvalue weighted by Crippen LogP contribution is -2.26. The van der Waals surface area contributed by atoms with Crippen molar-refractivity contribution in [2.45, 2.75) is 6.04 Å². The van der Waals surface area contributed by atoms with Crippen molar-refractivity contribution in [1.82, 2.24) is 19.9 Å². The predicted octanol–water partition coefficient (Wildman–Crippen LogP) is 3.53. The highest BCUT2D eigenvalue weighted by atomic mass is 35.5. The molecule has 1 N–H and O–H groups in total. The van der Waals surface area contributed by atoms with Gasteiger partial charge in [0.05, 0.1) is 16.6 Å². The maximum atomic E-state index is 13.9. The summed E-state index contributed by atoms with van der Waals surface area (Å²) in [4.78, 5) is 14.9. The number of pyridine rings is 1. The summed E-state index contributed by atoms with van der Waals surface area (Å²) in [5.41, 5.74) is 2.22. The van der Waals surface area contributed by atoms with Crippen LogP contribution in [0.15, 0.2) is 42.9 Å². The van der Waals surface area contributed by atoms with Crippen LogP contribution in [0.3, 0.4) is 0 Å². The van der Waals surface area contributed by atoms with Gasteiger partial charge in [0.15, 0.2) is 5.82 Å². The summed E-state index contributed by atoms with van der Waals surface area (Å²) in [7, 11) is 3.91. The van der Waals surface area contributed by atoms with Crippen LogP contribution in [-0.2, 0) is 0 Å². The molecule has 0 unspecified atom stereocenters.